The zero-order chi connectivity index (χ0) is 21.0. The first-order chi connectivity index (χ1) is 13.8. The van der Waals surface area contributed by atoms with Crippen LogP contribution >= 0.6 is 11.6 Å². The topological polar surface area (TPSA) is 69.9 Å². The highest BCUT2D eigenvalue weighted by Gasteiger charge is 2.26. The number of halogens is 1. The molecule has 0 aliphatic carbocycles. The quantitative estimate of drug-likeness (QED) is 0.557. The predicted octanol–water partition coefficient (Wildman–Crippen LogP) is 2.67. The number of benzene rings is 1. The molecule has 9 heteroatoms. The first kappa shape index (κ1) is 21.7. The number of nitrogens with one attached hydrogen (secondary N) is 1. The highest BCUT2D eigenvalue weighted by Crippen LogP contribution is 2.21. The van der Waals surface area contributed by atoms with E-state index in [1.807, 2.05) is 48.0 Å². The van der Waals surface area contributed by atoms with Gasteiger partial charge in [-0.25, -0.2) is 8.42 Å². The number of aromatic nitrogens is 1. The number of aryl methyl sites for hydroxylation is 1. The smallest absolute Gasteiger partial charge is 0.243 e. The third-order valence-corrected chi connectivity index (χ3v) is 7.24. The van der Waals surface area contributed by atoms with Crippen molar-refractivity contribution >= 4 is 27.6 Å². The van der Waals surface area contributed by atoms with E-state index in [0.717, 1.165) is 30.1 Å². The van der Waals surface area contributed by atoms with Gasteiger partial charge in [-0.3, -0.25) is 4.99 Å². The maximum Gasteiger partial charge on any atom is 0.243 e. The standard InChI is InChI=1S/C20H28ClN5O2S/c1-22-20(25(3)15-18-12-17(21)14-24(18)2)23-13-16-6-8-19(9-7-16)29(27,28)26-10-4-5-11-26/h6-9,12,14H,4-5,10-11,13,15H2,1-3H3,(H,22,23). The molecule has 2 heterocycles. The second kappa shape index (κ2) is 9.19. The van der Waals surface area contributed by atoms with Gasteiger partial charge in [0.25, 0.3) is 0 Å². The van der Waals surface area contributed by atoms with Gasteiger partial charge in [-0.15, -0.1) is 0 Å². The maximum absolute atomic E-state index is 12.6. The zero-order valence-electron chi connectivity index (χ0n) is 17.1. The molecule has 1 N–H and O–H groups in total. The molecule has 1 fully saturated rings. The maximum atomic E-state index is 12.6. The summed E-state index contributed by atoms with van der Waals surface area (Å²) < 4.78 is 28.8. The molecule has 1 aromatic carbocycles. The second-order valence-corrected chi connectivity index (χ2v) is 9.65. The van der Waals surface area contributed by atoms with Gasteiger partial charge in [-0.05, 0) is 36.6 Å². The molecule has 1 aliphatic rings. The van der Waals surface area contributed by atoms with Crippen molar-refractivity contribution in [1.29, 1.82) is 0 Å². The van der Waals surface area contributed by atoms with Crippen molar-refractivity contribution in [2.75, 3.05) is 27.2 Å². The summed E-state index contributed by atoms with van der Waals surface area (Å²) in [4.78, 5) is 6.70. The van der Waals surface area contributed by atoms with Gasteiger partial charge in [0.1, 0.15) is 0 Å². The number of nitrogens with zero attached hydrogens (tertiary/aromatic N) is 4. The number of sulfonamides is 1. The van der Waals surface area contributed by atoms with Crippen LogP contribution in [0.1, 0.15) is 24.1 Å². The van der Waals surface area contributed by atoms with Gasteiger partial charge < -0.3 is 14.8 Å². The lowest BCUT2D eigenvalue weighted by atomic mass is 10.2. The molecule has 0 bridgehead atoms. The van der Waals surface area contributed by atoms with Crippen LogP contribution in [0.3, 0.4) is 0 Å². The summed E-state index contributed by atoms with van der Waals surface area (Å²) in [5.74, 6) is 0.746. The fourth-order valence-corrected chi connectivity index (χ4v) is 5.25. The Labute approximate surface area is 178 Å². The van der Waals surface area contributed by atoms with Gasteiger partial charge in [-0.2, -0.15) is 4.31 Å². The molecule has 0 unspecified atom stereocenters. The monoisotopic (exact) mass is 437 g/mol. The van der Waals surface area contributed by atoms with E-state index in [9.17, 15) is 8.42 Å². The lowest BCUT2D eigenvalue weighted by Crippen LogP contribution is -2.38. The van der Waals surface area contributed by atoms with E-state index in [0.29, 0.717) is 36.1 Å². The molecule has 158 valence electrons. The highest BCUT2D eigenvalue weighted by molar-refractivity contribution is 7.89. The van der Waals surface area contributed by atoms with Gasteiger partial charge in [0.2, 0.25) is 10.0 Å². The summed E-state index contributed by atoms with van der Waals surface area (Å²) in [7, 11) is 2.29. The molecule has 7 nitrogen and oxygen atoms in total. The first-order valence-electron chi connectivity index (χ1n) is 9.63. The van der Waals surface area contributed by atoms with Gasteiger partial charge in [0.05, 0.1) is 16.5 Å². The van der Waals surface area contributed by atoms with Crippen molar-refractivity contribution < 1.29 is 8.42 Å². The molecule has 0 radical (unpaired) electrons. The Bertz CT molecular complexity index is 963. The Morgan fingerprint density at radius 1 is 1.24 bits per heavy atom. The van der Waals surface area contributed by atoms with Crippen molar-refractivity contribution in [3.8, 4) is 0 Å². The molecule has 3 rings (SSSR count). The molecule has 1 saturated heterocycles. The van der Waals surface area contributed by atoms with Crippen LogP contribution in [-0.2, 0) is 30.2 Å². The van der Waals surface area contributed by atoms with Crippen LogP contribution < -0.4 is 5.32 Å². The van der Waals surface area contributed by atoms with Gasteiger partial charge >= 0.3 is 0 Å². The minimum absolute atomic E-state index is 0.352. The molecule has 2 aromatic rings. The summed E-state index contributed by atoms with van der Waals surface area (Å²) in [6.45, 7) is 2.44. The minimum Gasteiger partial charge on any atom is -0.352 e. The molecular formula is C20H28ClN5O2S. The molecular weight excluding hydrogens is 410 g/mol. The van der Waals surface area contributed by atoms with E-state index >= 15 is 0 Å². The van der Waals surface area contributed by atoms with Crippen molar-refractivity contribution in [3.63, 3.8) is 0 Å². The Morgan fingerprint density at radius 3 is 2.45 bits per heavy atom. The number of rotatable bonds is 6. The molecule has 29 heavy (non-hydrogen) atoms. The van der Waals surface area contributed by atoms with Crippen LogP contribution in [-0.4, -0.2) is 55.3 Å². The number of hydrogen-bond donors (Lipinski definition) is 1. The van der Waals surface area contributed by atoms with E-state index in [4.69, 9.17) is 11.6 Å². The largest absolute Gasteiger partial charge is 0.352 e. The van der Waals surface area contributed by atoms with E-state index in [1.165, 1.54) is 0 Å². The third-order valence-electron chi connectivity index (χ3n) is 5.12. The molecule has 0 spiro atoms. The van der Waals surface area contributed by atoms with Gasteiger partial charge in [0, 0.05) is 52.7 Å². The Kier molecular flexibility index (Phi) is 6.87. The number of aliphatic imine (C=N–C) groups is 1. The number of hydrogen-bond acceptors (Lipinski definition) is 3. The van der Waals surface area contributed by atoms with Gasteiger partial charge in [0.15, 0.2) is 5.96 Å². The van der Waals surface area contributed by atoms with Crippen molar-refractivity contribution in [2.24, 2.45) is 12.0 Å². The van der Waals surface area contributed by atoms with Gasteiger partial charge in [-0.1, -0.05) is 23.7 Å². The highest BCUT2D eigenvalue weighted by atomic mass is 35.5. The van der Waals surface area contributed by atoms with E-state index < -0.39 is 10.0 Å². The summed E-state index contributed by atoms with van der Waals surface area (Å²) in [6.07, 6.45) is 3.74. The molecule has 0 atom stereocenters. The first-order valence-corrected chi connectivity index (χ1v) is 11.4. The molecule has 0 saturated carbocycles. The van der Waals surface area contributed by atoms with Crippen LogP contribution in [0, 0.1) is 0 Å². The summed E-state index contributed by atoms with van der Waals surface area (Å²) in [5.41, 5.74) is 2.07. The van der Waals surface area contributed by atoms with Crippen LogP contribution in [0.5, 0.6) is 0 Å². The van der Waals surface area contributed by atoms with Crippen molar-refractivity contribution in [2.45, 2.75) is 30.8 Å². The van der Waals surface area contributed by atoms with Crippen LogP contribution in [0.15, 0.2) is 46.4 Å². The Hall–Kier alpha value is -2.03. The molecule has 0 amide bonds. The lowest BCUT2D eigenvalue weighted by Gasteiger charge is -2.22. The van der Waals surface area contributed by atoms with Crippen LogP contribution in [0.2, 0.25) is 5.02 Å². The zero-order valence-corrected chi connectivity index (χ0v) is 18.7. The number of guanidine groups is 1. The fraction of sp³-hybridized carbons (Fsp3) is 0.450. The van der Waals surface area contributed by atoms with Crippen LogP contribution in [0.4, 0.5) is 0 Å². The van der Waals surface area contributed by atoms with E-state index in [2.05, 4.69) is 10.3 Å². The summed E-state index contributed by atoms with van der Waals surface area (Å²) in [6, 6.07) is 9.00. The Balaban J connectivity index is 1.60. The summed E-state index contributed by atoms with van der Waals surface area (Å²) >= 11 is 6.06. The van der Waals surface area contributed by atoms with E-state index in [1.54, 1.807) is 23.5 Å². The minimum atomic E-state index is -3.37. The third kappa shape index (κ3) is 5.12. The van der Waals surface area contributed by atoms with Crippen molar-refractivity contribution in [1.82, 2.24) is 19.1 Å². The molecule has 1 aliphatic heterocycles. The predicted molar refractivity (Wildman–Crippen MR) is 117 cm³/mol. The molecule has 1 aromatic heterocycles. The van der Waals surface area contributed by atoms with Crippen LogP contribution in [0.25, 0.3) is 0 Å². The average molecular weight is 438 g/mol. The summed E-state index contributed by atoms with van der Waals surface area (Å²) in [5, 5.41) is 4.03. The van der Waals surface area contributed by atoms with Crippen molar-refractivity contribution in [3.05, 3.63) is 52.8 Å². The second-order valence-electron chi connectivity index (χ2n) is 7.27. The average Bonchev–Trinajstić information content (AvgIpc) is 3.33. The normalized spacial score (nSPS) is 15.7. The van der Waals surface area contributed by atoms with E-state index in [-0.39, 0.29) is 0 Å². The lowest BCUT2D eigenvalue weighted by molar-refractivity contribution is 0.461. The SMILES string of the molecule is CN=C(NCc1ccc(S(=O)(=O)N2CCCC2)cc1)N(C)Cc1cc(Cl)cn1C. The Morgan fingerprint density at radius 2 is 1.90 bits per heavy atom. The fourth-order valence-electron chi connectivity index (χ4n) is 3.46.